The minimum atomic E-state index is -3.92. The first kappa shape index (κ1) is 22.3. The van der Waals surface area contributed by atoms with Crippen LogP contribution in [0.25, 0.3) is 0 Å². The standard InChI is InChI=1S/C22H22ClN3O5S/c1-14-11-16(23)7-8-17(14)24-21(27)13-31-22(28)15-6-9-18-19(12-15)32(29,30)25-20-5-3-2-4-10-26(18)20/h6-9,11-12H,2-5,10,13H2,1H3,(H,24,27). The summed E-state index contributed by atoms with van der Waals surface area (Å²) in [5.74, 6) is -0.774. The lowest BCUT2D eigenvalue weighted by Gasteiger charge is -2.29. The van der Waals surface area contributed by atoms with E-state index in [1.54, 1.807) is 31.2 Å². The van der Waals surface area contributed by atoms with Gasteiger partial charge >= 0.3 is 5.97 Å². The van der Waals surface area contributed by atoms with Crippen LogP contribution >= 0.6 is 11.6 Å². The molecule has 0 bridgehead atoms. The maximum absolute atomic E-state index is 12.7. The molecule has 4 rings (SSSR count). The van der Waals surface area contributed by atoms with Crippen LogP contribution in [0.4, 0.5) is 11.4 Å². The maximum Gasteiger partial charge on any atom is 0.338 e. The second kappa shape index (κ2) is 8.91. The molecule has 1 fully saturated rings. The average Bonchev–Trinajstić information content (AvgIpc) is 2.98. The van der Waals surface area contributed by atoms with Crippen molar-refractivity contribution in [2.75, 3.05) is 23.4 Å². The van der Waals surface area contributed by atoms with E-state index >= 15 is 0 Å². The fraction of sp³-hybridized carbons (Fsp3) is 0.318. The number of aryl methyl sites for hydroxylation is 1. The quantitative estimate of drug-likeness (QED) is 0.672. The van der Waals surface area contributed by atoms with Gasteiger partial charge < -0.3 is 15.0 Å². The number of carbonyl (C=O) groups excluding carboxylic acids is 2. The minimum Gasteiger partial charge on any atom is -0.452 e. The highest BCUT2D eigenvalue weighted by Crippen LogP contribution is 2.35. The zero-order valence-electron chi connectivity index (χ0n) is 17.4. The van der Waals surface area contributed by atoms with Crippen LogP contribution in [0, 0.1) is 6.92 Å². The zero-order valence-corrected chi connectivity index (χ0v) is 19.0. The number of carbonyl (C=O) groups is 2. The lowest BCUT2D eigenvalue weighted by atomic mass is 10.2. The number of hydrogen-bond donors (Lipinski definition) is 1. The van der Waals surface area contributed by atoms with Crippen molar-refractivity contribution in [3.05, 3.63) is 52.5 Å². The maximum atomic E-state index is 12.7. The molecule has 0 unspecified atom stereocenters. The molecule has 2 aromatic carbocycles. The number of ether oxygens (including phenoxy) is 1. The highest BCUT2D eigenvalue weighted by Gasteiger charge is 2.32. The van der Waals surface area contributed by atoms with E-state index < -0.39 is 28.5 Å². The van der Waals surface area contributed by atoms with Gasteiger partial charge in [0.15, 0.2) is 6.61 Å². The molecule has 32 heavy (non-hydrogen) atoms. The molecule has 10 heteroatoms. The summed E-state index contributed by atoms with van der Waals surface area (Å²) in [5.41, 5.74) is 1.88. The molecule has 0 atom stereocenters. The number of sulfonamides is 1. The number of amides is 1. The first-order chi connectivity index (χ1) is 15.2. The van der Waals surface area contributed by atoms with E-state index in [-0.39, 0.29) is 10.5 Å². The Morgan fingerprint density at radius 2 is 1.97 bits per heavy atom. The summed E-state index contributed by atoms with van der Waals surface area (Å²) in [6.45, 7) is 1.95. The van der Waals surface area contributed by atoms with Crippen molar-refractivity contribution in [3.8, 4) is 0 Å². The largest absolute Gasteiger partial charge is 0.452 e. The Hall–Kier alpha value is -2.91. The topological polar surface area (TPSA) is 105 Å². The number of rotatable bonds is 4. The molecule has 1 saturated heterocycles. The number of fused-ring (bicyclic) bond motifs is 3. The predicted molar refractivity (Wildman–Crippen MR) is 122 cm³/mol. The van der Waals surface area contributed by atoms with Crippen molar-refractivity contribution in [2.45, 2.75) is 37.5 Å². The molecular weight excluding hydrogens is 454 g/mol. The summed E-state index contributed by atoms with van der Waals surface area (Å²) < 4.78 is 34.5. The SMILES string of the molecule is Cc1cc(Cl)ccc1NC(=O)COC(=O)c1ccc2c(c1)S(=O)(=O)N=C1CCCCCN12. The third-order valence-corrected chi connectivity index (χ3v) is 6.95. The normalized spacial score (nSPS) is 16.8. The van der Waals surface area contributed by atoms with Crippen LogP contribution in [0.3, 0.4) is 0 Å². The number of anilines is 2. The van der Waals surface area contributed by atoms with Crippen molar-refractivity contribution in [3.63, 3.8) is 0 Å². The molecule has 0 radical (unpaired) electrons. The molecule has 2 aromatic rings. The van der Waals surface area contributed by atoms with E-state index in [0.717, 1.165) is 24.8 Å². The van der Waals surface area contributed by atoms with Gasteiger partial charge in [-0.15, -0.1) is 4.40 Å². The monoisotopic (exact) mass is 475 g/mol. The van der Waals surface area contributed by atoms with Crippen molar-refractivity contribution in [2.24, 2.45) is 4.40 Å². The third-order valence-electron chi connectivity index (χ3n) is 5.38. The van der Waals surface area contributed by atoms with Crippen LogP contribution < -0.4 is 10.2 Å². The van der Waals surface area contributed by atoms with Crippen molar-refractivity contribution < 1.29 is 22.7 Å². The molecule has 2 heterocycles. The number of halogens is 1. The Morgan fingerprint density at radius 3 is 2.75 bits per heavy atom. The summed E-state index contributed by atoms with van der Waals surface area (Å²) in [4.78, 5) is 26.5. The van der Waals surface area contributed by atoms with Crippen LogP contribution in [-0.2, 0) is 19.6 Å². The van der Waals surface area contributed by atoms with Gasteiger partial charge in [-0.1, -0.05) is 18.0 Å². The van der Waals surface area contributed by atoms with Crippen molar-refractivity contribution >= 4 is 50.7 Å². The Morgan fingerprint density at radius 1 is 1.16 bits per heavy atom. The minimum absolute atomic E-state index is 0.0289. The first-order valence-electron chi connectivity index (χ1n) is 10.2. The summed E-state index contributed by atoms with van der Waals surface area (Å²) in [7, 11) is -3.92. The first-order valence-corrected chi connectivity index (χ1v) is 12.0. The van der Waals surface area contributed by atoms with Crippen LogP contribution in [0.5, 0.6) is 0 Å². The molecule has 0 aliphatic carbocycles. The van der Waals surface area contributed by atoms with Crippen LogP contribution in [0.2, 0.25) is 5.02 Å². The molecule has 168 valence electrons. The Balaban J connectivity index is 1.47. The molecule has 0 spiro atoms. The summed E-state index contributed by atoms with van der Waals surface area (Å²) in [6, 6.07) is 9.37. The molecular formula is C22H22ClN3O5S. The van der Waals surface area contributed by atoms with Gasteiger partial charge in [0.25, 0.3) is 15.9 Å². The van der Waals surface area contributed by atoms with Gasteiger partial charge in [0, 0.05) is 23.7 Å². The predicted octanol–water partition coefficient (Wildman–Crippen LogP) is 3.93. The molecule has 2 aliphatic rings. The third kappa shape index (κ3) is 4.63. The molecule has 1 amide bonds. The van der Waals surface area contributed by atoms with Gasteiger partial charge in [-0.3, -0.25) is 4.79 Å². The highest BCUT2D eigenvalue weighted by molar-refractivity contribution is 7.90. The van der Waals surface area contributed by atoms with Gasteiger partial charge in [0.1, 0.15) is 10.7 Å². The van der Waals surface area contributed by atoms with Crippen molar-refractivity contribution in [1.29, 1.82) is 0 Å². The summed E-state index contributed by atoms with van der Waals surface area (Å²) in [5, 5.41) is 3.20. The van der Waals surface area contributed by atoms with Gasteiger partial charge in [-0.2, -0.15) is 8.42 Å². The Kier molecular flexibility index (Phi) is 6.21. The van der Waals surface area contributed by atoms with Crippen LogP contribution in [0.1, 0.15) is 41.6 Å². The van der Waals surface area contributed by atoms with E-state index in [4.69, 9.17) is 16.3 Å². The van der Waals surface area contributed by atoms with E-state index in [9.17, 15) is 18.0 Å². The fourth-order valence-corrected chi connectivity index (χ4v) is 5.29. The zero-order chi connectivity index (χ0) is 22.9. The average molecular weight is 476 g/mol. The summed E-state index contributed by atoms with van der Waals surface area (Å²) >= 11 is 5.90. The number of nitrogens with one attached hydrogen (secondary N) is 1. The number of benzene rings is 2. The van der Waals surface area contributed by atoms with Gasteiger partial charge in [-0.25, -0.2) is 4.79 Å². The lowest BCUT2D eigenvalue weighted by Crippen LogP contribution is -2.35. The van der Waals surface area contributed by atoms with Crippen molar-refractivity contribution in [1.82, 2.24) is 0 Å². The summed E-state index contributed by atoms with van der Waals surface area (Å²) in [6.07, 6.45) is 3.43. The smallest absolute Gasteiger partial charge is 0.338 e. The Labute approximate surface area is 191 Å². The highest BCUT2D eigenvalue weighted by atomic mass is 35.5. The van der Waals surface area contributed by atoms with E-state index in [1.807, 2.05) is 4.90 Å². The van der Waals surface area contributed by atoms with E-state index in [2.05, 4.69) is 9.71 Å². The molecule has 0 saturated carbocycles. The molecule has 1 N–H and O–H groups in total. The van der Waals surface area contributed by atoms with E-state index in [0.29, 0.717) is 35.2 Å². The number of esters is 1. The molecule has 8 nitrogen and oxygen atoms in total. The second-order valence-electron chi connectivity index (χ2n) is 7.71. The van der Waals surface area contributed by atoms with Crippen LogP contribution in [0.15, 0.2) is 45.7 Å². The van der Waals surface area contributed by atoms with Gasteiger partial charge in [0.2, 0.25) is 0 Å². The number of nitrogens with zero attached hydrogens (tertiary/aromatic N) is 2. The lowest BCUT2D eigenvalue weighted by molar-refractivity contribution is -0.119. The Bertz CT molecular complexity index is 1230. The molecule has 0 aromatic heterocycles. The number of hydrogen-bond acceptors (Lipinski definition) is 6. The van der Waals surface area contributed by atoms with Crippen LogP contribution in [-0.4, -0.2) is 39.3 Å². The van der Waals surface area contributed by atoms with Gasteiger partial charge in [-0.05, 0) is 61.7 Å². The van der Waals surface area contributed by atoms with Gasteiger partial charge in [0.05, 0.1) is 11.3 Å². The fourth-order valence-electron chi connectivity index (χ4n) is 3.77. The van der Waals surface area contributed by atoms with E-state index in [1.165, 1.54) is 12.1 Å². The molecule has 2 aliphatic heterocycles. The number of amidine groups is 1. The second-order valence-corrected chi connectivity index (χ2v) is 9.72.